The summed E-state index contributed by atoms with van der Waals surface area (Å²) in [5.41, 5.74) is 0.365. The highest BCUT2D eigenvalue weighted by molar-refractivity contribution is 7.89. The number of hydrogen-bond acceptors (Lipinski definition) is 5. The van der Waals surface area contributed by atoms with Crippen LogP contribution in [0.3, 0.4) is 0 Å². The highest BCUT2D eigenvalue weighted by atomic mass is 32.2. The minimum atomic E-state index is -3.70. The van der Waals surface area contributed by atoms with Crippen LogP contribution in [0.4, 0.5) is 0 Å². The quantitative estimate of drug-likeness (QED) is 0.741. The molecule has 0 aromatic heterocycles. The van der Waals surface area contributed by atoms with Gasteiger partial charge in [-0.15, -0.1) is 0 Å². The van der Waals surface area contributed by atoms with Crippen LogP contribution in [0.5, 0.6) is 5.75 Å². The number of nitrogens with one attached hydrogen (secondary N) is 2. The van der Waals surface area contributed by atoms with Gasteiger partial charge in [-0.05, 0) is 63.4 Å². The van der Waals surface area contributed by atoms with Crippen LogP contribution in [0, 0.1) is 5.92 Å². The van der Waals surface area contributed by atoms with E-state index in [1.54, 1.807) is 11.0 Å². The van der Waals surface area contributed by atoms with E-state index >= 15 is 0 Å². The molecule has 1 aromatic rings. The number of sulfonamides is 1. The lowest BCUT2D eigenvalue weighted by molar-refractivity contribution is 0.0704. The molecule has 0 bridgehead atoms. The third-order valence-corrected chi connectivity index (χ3v) is 6.58. The fourth-order valence-corrected chi connectivity index (χ4v) is 4.17. The Morgan fingerprint density at radius 2 is 1.92 bits per heavy atom. The molecule has 1 aliphatic carbocycles. The maximum Gasteiger partial charge on any atom is 0.253 e. The number of benzene rings is 1. The van der Waals surface area contributed by atoms with E-state index in [1.807, 2.05) is 0 Å². The number of piperidine rings is 1. The van der Waals surface area contributed by atoms with Gasteiger partial charge in [0, 0.05) is 24.7 Å². The SMILES string of the molecule is CNS(=O)(=O)c1cc(C(=O)N2CCC(NCC3CC3)CC2)ccc1OC. The molecule has 3 rings (SSSR count). The lowest BCUT2D eigenvalue weighted by Crippen LogP contribution is -2.45. The largest absolute Gasteiger partial charge is 0.495 e. The summed E-state index contributed by atoms with van der Waals surface area (Å²) in [5, 5.41) is 3.59. The molecule has 2 fully saturated rings. The van der Waals surface area contributed by atoms with E-state index in [1.165, 1.54) is 39.1 Å². The molecule has 0 unspecified atom stereocenters. The van der Waals surface area contributed by atoms with E-state index in [0.717, 1.165) is 25.3 Å². The summed E-state index contributed by atoms with van der Waals surface area (Å²) in [4.78, 5) is 14.6. The van der Waals surface area contributed by atoms with Crippen molar-refractivity contribution in [1.29, 1.82) is 0 Å². The summed E-state index contributed by atoms with van der Waals surface area (Å²) in [6.45, 7) is 2.45. The summed E-state index contributed by atoms with van der Waals surface area (Å²) in [6.07, 6.45) is 4.52. The van der Waals surface area contributed by atoms with Gasteiger partial charge in [0.2, 0.25) is 10.0 Å². The van der Waals surface area contributed by atoms with Crippen molar-refractivity contribution in [2.75, 3.05) is 33.8 Å². The maximum atomic E-state index is 12.8. The molecule has 8 heteroatoms. The lowest BCUT2D eigenvalue weighted by Gasteiger charge is -2.32. The van der Waals surface area contributed by atoms with Gasteiger partial charge in [0.15, 0.2) is 0 Å². The highest BCUT2D eigenvalue weighted by Crippen LogP contribution is 2.28. The molecule has 1 aromatic carbocycles. The normalized spacial score (nSPS) is 18.8. The Bertz CT molecular complexity index is 754. The van der Waals surface area contributed by atoms with Crippen molar-refractivity contribution >= 4 is 15.9 Å². The van der Waals surface area contributed by atoms with E-state index < -0.39 is 10.0 Å². The zero-order chi connectivity index (χ0) is 18.7. The number of rotatable bonds is 7. The predicted molar refractivity (Wildman–Crippen MR) is 98.9 cm³/mol. The summed E-state index contributed by atoms with van der Waals surface area (Å²) in [6, 6.07) is 5.01. The molecule has 1 saturated carbocycles. The third-order valence-electron chi connectivity index (χ3n) is 5.14. The van der Waals surface area contributed by atoms with Gasteiger partial charge in [-0.1, -0.05) is 0 Å². The van der Waals surface area contributed by atoms with Crippen LogP contribution in [-0.2, 0) is 10.0 Å². The van der Waals surface area contributed by atoms with Crippen molar-refractivity contribution in [2.45, 2.75) is 36.6 Å². The number of nitrogens with zero attached hydrogens (tertiary/aromatic N) is 1. The molecule has 1 aliphatic heterocycles. The van der Waals surface area contributed by atoms with E-state index in [-0.39, 0.29) is 16.6 Å². The molecule has 0 atom stereocenters. The van der Waals surface area contributed by atoms with Crippen LogP contribution < -0.4 is 14.8 Å². The molecule has 1 amide bonds. The zero-order valence-corrected chi connectivity index (χ0v) is 16.1. The third kappa shape index (κ3) is 4.36. The fourth-order valence-electron chi connectivity index (χ4n) is 3.25. The van der Waals surface area contributed by atoms with Gasteiger partial charge in [0.05, 0.1) is 7.11 Å². The molecule has 2 N–H and O–H groups in total. The first kappa shape index (κ1) is 19.1. The van der Waals surface area contributed by atoms with Gasteiger partial charge >= 0.3 is 0 Å². The van der Waals surface area contributed by atoms with Crippen LogP contribution in [0.15, 0.2) is 23.1 Å². The smallest absolute Gasteiger partial charge is 0.253 e. The van der Waals surface area contributed by atoms with E-state index in [4.69, 9.17) is 4.74 Å². The molecule has 2 aliphatic rings. The van der Waals surface area contributed by atoms with Gasteiger partial charge in [-0.3, -0.25) is 4.79 Å². The number of hydrogen-bond donors (Lipinski definition) is 2. The molecule has 0 radical (unpaired) electrons. The number of amides is 1. The molecule has 144 valence electrons. The zero-order valence-electron chi connectivity index (χ0n) is 15.3. The summed E-state index contributed by atoms with van der Waals surface area (Å²) >= 11 is 0. The number of methoxy groups -OCH3 is 1. The van der Waals surface area contributed by atoms with Gasteiger partial charge < -0.3 is 15.0 Å². The summed E-state index contributed by atoms with van der Waals surface area (Å²) in [5.74, 6) is 0.932. The van der Waals surface area contributed by atoms with Crippen molar-refractivity contribution in [3.8, 4) is 5.75 Å². The molecule has 0 spiro atoms. The standard InChI is InChI=1S/C18H27N3O4S/c1-19-26(23,24)17-11-14(5-6-16(17)25-2)18(22)21-9-7-15(8-10-21)20-12-13-3-4-13/h5-6,11,13,15,19-20H,3-4,7-10,12H2,1-2H3. The van der Waals surface area contributed by atoms with Crippen LogP contribution in [-0.4, -0.2) is 59.1 Å². The van der Waals surface area contributed by atoms with Gasteiger partial charge in [0.1, 0.15) is 10.6 Å². The summed E-state index contributed by atoms with van der Waals surface area (Å²) < 4.78 is 31.8. The van der Waals surface area contributed by atoms with Crippen molar-refractivity contribution in [1.82, 2.24) is 14.9 Å². The van der Waals surface area contributed by atoms with Crippen molar-refractivity contribution in [3.63, 3.8) is 0 Å². The average Bonchev–Trinajstić information content (AvgIpc) is 3.50. The number of carbonyl (C=O) groups is 1. The van der Waals surface area contributed by atoms with E-state index in [0.29, 0.717) is 24.7 Å². The lowest BCUT2D eigenvalue weighted by atomic mass is 10.0. The Morgan fingerprint density at radius 1 is 1.23 bits per heavy atom. The average molecular weight is 381 g/mol. The first-order valence-corrected chi connectivity index (χ1v) is 10.6. The highest BCUT2D eigenvalue weighted by Gasteiger charge is 2.27. The Balaban J connectivity index is 1.67. The predicted octanol–water partition coefficient (Wildman–Crippen LogP) is 1.21. The molecule has 1 heterocycles. The van der Waals surface area contributed by atoms with Crippen LogP contribution >= 0.6 is 0 Å². The van der Waals surface area contributed by atoms with Crippen LogP contribution in [0.1, 0.15) is 36.0 Å². The molecule has 7 nitrogen and oxygen atoms in total. The van der Waals surface area contributed by atoms with Gasteiger partial charge in [0.25, 0.3) is 5.91 Å². The fraction of sp³-hybridized carbons (Fsp3) is 0.611. The molecular formula is C18H27N3O4S. The Labute approximate surface area is 155 Å². The van der Waals surface area contributed by atoms with Crippen LogP contribution in [0.2, 0.25) is 0 Å². The van der Waals surface area contributed by atoms with Crippen molar-refractivity contribution in [2.24, 2.45) is 5.92 Å². The second kappa shape index (κ2) is 7.94. The first-order valence-electron chi connectivity index (χ1n) is 9.09. The Morgan fingerprint density at radius 3 is 2.50 bits per heavy atom. The van der Waals surface area contributed by atoms with Gasteiger partial charge in [-0.25, -0.2) is 13.1 Å². The number of ether oxygens (including phenoxy) is 1. The second-order valence-corrected chi connectivity index (χ2v) is 8.85. The van der Waals surface area contributed by atoms with E-state index in [2.05, 4.69) is 10.0 Å². The van der Waals surface area contributed by atoms with Gasteiger partial charge in [-0.2, -0.15) is 0 Å². The molecule has 26 heavy (non-hydrogen) atoms. The van der Waals surface area contributed by atoms with Crippen molar-refractivity contribution < 1.29 is 17.9 Å². The molecular weight excluding hydrogens is 354 g/mol. The van der Waals surface area contributed by atoms with Crippen molar-refractivity contribution in [3.05, 3.63) is 23.8 Å². The maximum absolute atomic E-state index is 12.8. The topological polar surface area (TPSA) is 87.7 Å². The Kier molecular flexibility index (Phi) is 5.84. The van der Waals surface area contributed by atoms with Crippen LogP contribution in [0.25, 0.3) is 0 Å². The monoisotopic (exact) mass is 381 g/mol. The summed E-state index contributed by atoms with van der Waals surface area (Å²) in [7, 11) is -0.958. The van der Waals surface area contributed by atoms with E-state index in [9.17, 15) is 13.2 Å². The second-order valence-electron chi connectivity index (χ2n) is 6.99. The minimum Gasteiger partial charge on any atom is -0.495 e. The first-order chi connectivity index (χ1) is 12.4. The Hall–Kier alpha value is -1.64. The number of carbonyl (C=O) groups excluding carboxylic acids is 1. The minimum absolute atomic E-state index is 0.0191. The molecule has 1 saturated heterocycles. The number of likely N-dealkylation sites (tertiary alicyclic amines) is 1.